The van der Waals surface area contributed by atoms with Crippen molar-refractivity contribution in [1.82, 2.24) is 0 Å². The summed E-state index contributed by atoms with van der Waals surface area (Å²) >= 11 is 3.40. The third-order valence-electron chi connectivity index (χ3n) is 6.28. The molecule has 2 fully saturated rings. The van der Waals surface area contributed by atoms with Crippen LogP contribution >= 0.6 is 15.9 Å². The van der Waals surface area contributed by atoms with E-state index in [-0.39, 0.29) is 16.6 Å². The Bertz CT molecular complexity index is 549. The van der Waals surface area contributed by atoms with Crippen molar-refractivity contribution in [3.63, 3.8) is 0 Å². The summed E-state index contributed by atoms with van der Waals surface area (Å²) in [5.41, 5.74) is -0.460. The maximum absolute atomic E-state index is 14.1. The number of hydrogen-bond acceptors (Lipinski definition) is 1. The topological polar surface area (TPSA) is 20.2 Å². The van der Waals surface area contributed by atoms with Gasteiger partial charge in [0.05, 0.1) is 5.60 Å². The fourth-order valence-corrected chi connectivity index (χ4v) is 5.15. The van der Waals surface area contributed by atoms with Crippen LogP contribution in [0.1, 0.15) is 45.6 Å². The molecule has 2 bridgehead atoms. The highest BCUT2D eigenvalue weighted by atomic mass is 79.9. The van der Waals surface area contributed by atoms with E-state index in [1.165, 1.54) is 12.5 Å². The smallest absolute Gasteiger partial charge is 0.126 e. The van der Waals surface area contributed by atoms with Crippen LogP contribution < -0.4 is 0 Å². The molecule has 3 atom stereocenters. The fourth-order valence-electron chi connectivity index (χ4n) is 4.74. The number of benzene rings is 1. The molecule has 1 aromatic rings. The molecule has 1 nitrogen and oxygen atoms in total. The van der Waals surface area contributed by atoms with Gasteiger partial charge in [-0.25, -0.2) is 4.39 Å². The Morgan fingerprint density at radius 2 is 2.05 bits per heavy atom. The minimum absolute atomic E-state index is 0.0874. The van der Waals surface area contributed by atoms with Crippen molar-refractivity contribution < 1.29 is 9.50 Å². The van der Waals surface area contributed by atoms with Crippen molar-refractivity contribution in [2.75, 3.05) is 0 Å². The molecule has 0 spiro atoms. The van der Waals surface area contributed by atoms with Gasteiger partial charge in [0.2, 0.25) is 0 Å². The zero-order valence-electron chi connectivity index (χ0n) is 12.3. The van der Waals surface area contributed by atoms with Gasteiger partial charge < -0.3 is 5.11 Å². The molecule has 20 heavy (non-hydrogen) atoms. The van der Waals surface area contributed by atoms with E-state index in [1.807, 2.05) is 0 Å². The molecule has 0 aromatic heterocycles. The van der Waals surface area contributed by atoms with Crippen LogP contribution in [0.15, 0.2) is 22.7 Å². The summed E-state index contributed by atoms with van der Waals surface area (Å²) in [6.45, 7) is 6.48. The van der Waals surface area contributed by atoms with E-state index in [1.54, 1.807) is 12.1 Å². The summed E-state index contributed by atoms with van der Waals surface area (Å²) in [7, 11) is 0. The molecule has 0 heterocycles. The zero-order chi connectivity index (χ0) is 14.8. The van der Waals surface area contributed by atoms with E-state index in [2.05, 4.69) is 36.7 Å². The van der Waals surface area contributed by atoms with E-state index in [4.69, 9.17) is 0 Å². The van der Waals surface area contributed by atoms with E-state index in [0.29, 0.717) is 17.9 Å². The van der Waals surface area contributed by atoms with Gasteiger partial charge in [-0.3, -0.25) is 0 Å². The van der Waals surface area contributed by atoms with Gasteiger partial charge in [0.1, 0.15) is 5.82 Å². The number of hydrogen-bond donors (Lipinski definition) is 1. The Morgan fingerprint density at radius 3 is 2.65 bits per heavy atom. The minimum atomic E-state index is -0.829. The lowest BCUT2D eigenvalue weighted by molar-refractivity contribution is -0.142. The molecule has 2 aliphatic carbocycles. The normalized spacial score (nSPS) is 38.4. The third kappa shape index (κ3) is 1.75. The molecule has 1 aromatic carbocycles. The van der Waals surface area contributed by atoms with Gasteiger partial charge in [-0.05, 0) is 59.8 Å². The number of aliphatic hydroxyl groups is 1. The molecular formula is C17H22BrFO. The van der Waals surface area contributed by atoms with E-state index in [9.17, 15) is 9.50 Å². The Hall–Kier alpha value is -0.410. The van der Waals surface area contributed by atoms with Crippen LogP contribution in [-0.2, 0) is 6.42 Å². The summed E-state index contributed by atoms with van der Waals surface area (Å²) in [4.78, 5) is 0. The maximum Gasteiger partial charge on any atom is 0.126 e. The Labute approximate surface area is 128 Å². The number of halogens is 2. The standard InChI is InChI=1S/C17H22BrFO/c1-15(2)12-6-7-16(3,10-12)17(15,20)9-11-8-13(18)4-5-14(11)19/h4-5,8,12,20H,6-7,9-10H2,1-3H3. The minimum Gasteiger partial charge on any atom is -0.388 e. The van der Waals surface area contributed by atoms with Gasteiger partial charge in [0, 0.05) is 10.9 Å². The van der Waals surface area contributed by atoms with Gasteiger partial charge in [-0.15, -0.1) is 0 Å². The van der Waals surface area contributed by atoms with Crippen LogP contribution in [0.25, 0.3) is 0 Å². The lowest BCUT2D eigenvalue weighted by Gasteiger charge is -2.51. The second-order valence-electron chi connectivity index (χ2n) is 7.49. The van der Waals surface area contributed by atoms with Gasteiger partial charge in [-0.2, -0.15) is 0 Å². The second kappa shape index (κ2) is 4.30. The highest BCUT2D eigenvalue weighted by Crippen LogP contribution is 2.68. The molecule has 1 N–H and O–H groups in total. The van der Waals surface area contributed by atoms with E-state index < -0.39 is 5.60 Å². The molecule has 0 radical (unpaired) electrons. The van der Waals surface area contributed by atoms with E-state index in [0.717, 1.165) is 17.3 Å². The molecule has 0 saturated heterocycles. The molecule has 0 aliphatic heterocycles. The predicted molar refractivity (Wildman–Crippen MR) is 82.0 cm³/mol. The summed E-state index contributed by atoms with van der Waals surface area (Å²) in [5.74, 6) is 0.330. The molecule has 3 heteroatoms. The largest absolute Gasteiger partial charge is 0.388 e. The first kappa shape index (κ1) is 14.5. The van der Waals surface area contributed by atoms with E-state index >= 15 is 0 Å². The van der Waals surface area contributed by atoms with Crippen molar-refractivity contribution in [2.24, 2.45) is 16.7 Å². The quantitative estimate of drug-likeness (QED) is 0.826. The van der Waals surface area contributed by atoms with Crippen molar-refractivity contribution in [2.45, 2.75) is 52.1 Å². The summed E-state index contributed by atoms with van der Waals surface area (Å²) in [6.07, 6.45) is 3.70. The maximum atomic E-state index is 14.1. The first-order valence-corrected chi connectivity index (χ1v) is 8.15. The SMILES string of the molecule is CC12CCC(C1)C(C)(C)C2(O)Cc1cc(Br)ccc1F. The zero-order valence-corrected chi connectivity index (χ0v) is 13.9. The molecule has 2 saturated carbocycles. The van der Waals surface area contributed by atoms with Crippen LogP contribution in [0.4, 0.5) is 4.39 Å². The summed E-state index contributed by atoms with van der Waals surface area (Å²) in [5, 5.41) is 11.5. The molecule has 0 amide bonds. The molecule has 2 aliphatic rings. The molecule has 3 unspecified atom stereocenters. The van der Waals surface area contributed by atoms with Crippen LogP contribution in [0.5, 0.6) is 0 Å². The Balaban J connectivity index is 2.02. The Morgan fingerprint density at radius 1 is 1.35 bits per heavy atom. The summed E-state index contributed by atoms with van der Waals surface area (Å²) in [6, 6.07) is 4.99. The summed E-state index contributed by atoms with van der Waals surface area (Å²) < 4.78 is 14.9. The number of rotatable bonds is 2. The fraction of sp³-hybridized carbons (Fsp3) is 0.647. The van der Waals surface area contributed by atoms with Crippen LogP contribution in [0.2, 0.25) is 0 Å². The van der Waals surface area contributed by atoms with Gasteiger partial charge in [-0.1, -0.05) is 36.7 Å². The molecule has 3 rings (SSSR count). The highest BCUT2D eigenvalue weighted by molar-refractivity contribution is 9.10. The predicted octanol–water partition coefficient (Wildman–Crippen LogP) is 4.71. The average Bonchev–Trinajstić information content (AvgIpc) is 2.82. The Kier molecular flexibility index (Phi) is 3.12. The second-order valence-corrected chi connectivity index (χ2v) is 8.41. The van der Waals surface area contributed by atoms with Crippen molar-refractivity contribution in [3.05, 3.63) is 34.1 Å². The molecule has 110 valence electrons. The van der Waals surface area contributed by atoms with Crippen LogP contribution in [0, 0.1) is 22.6 Å². The van der Waals surface area contributed by atoms with Gasteiger partial charge in [0.15, 0.2) is 0 Å². The lowest BCUT2D eigenvalue weighted by Crippen LogP contribution is -2.55. The third-order valence-corrected chi connectivity index (χ3v) is 6.77. The monoisotopic (exact) mass is 340 g/mol. The van der Waals surface area contributed by atoms with Gasteiger partial charge in [0.25, 0.3) is 0 Å². The average molecular weight is 341 g/mol. The van der Waals surface area contributed by atoms with Crippen molar-refractivity contribution >= 4 is 15.9 Å². The first-order chi connectivity index (χ1) is 9.20. The molecular weight excluding hydrogens is 319 g/mol. The number of fused-ring (bicyclic) bond motifs is 2. The van der Waals surface area contributed by atoms with Crippen molar-refractivity contribution in [1.29, 1.82) is 0 Å². The highest BCUT2D eigenvalue weighted by Gasteiger charge is 2.68. The van der Waals surface area contributed by atoms with Gasteiger partial charge >= 0.3 is 0 Å². The lowest BCUT2D eigenvalue weighted by atomic mass is 9.58. The van der Waals surface area contributed by atoms with Crippen LogP contribution in [-0.4, -0.2) is 10.7 Å². The van der Waals surface area contributed by atoms with Crippen molar-refractivity contribution in [3.8, 4) is 0 Å². The first-order valence-electron chi connectivity index (χ1n) is 7.36. The van der Waals surface area contributed by atoms with Crippen LogP contribution in [0.3, 0.4) is 0 Å².